The minimum Gasteiger partial charge on any atom is -0.478 e. The zero-order valence-electron chi connectivity index (χ0n) is 10.7. The summed E-state index contributed by atoms with van der Waals surface area (Å²) in [5.74, 6) is -1.66. The molecule has 1 aromatic rings. The Labute approximate surface area is 115 Å². The maximum atomic E-state index is 14.2. The molecule has 18 heavy (non-hydrogen) atoms. The molecular weight excluding hydrogens is 301 g/mol. The van der Waals surface area contributed by atoms with E-state index in [-0.39, 0.29) is 16.1 Å². The smallest absolute Gasteiger partial charge is 0.336 e. The van der Waals surface area contributed by atoms with Crippen LogP contribution in [-0.4, -0.2) is 23.7 Å². The normalized spacial score (nSPS) is 10.8. The van der Waals surface area contributed by atoms with Crippen LogP contribution in [0.4, 0.5) is 10.1 Å². The van der Waals surface area contributed by atoms with Crippen molar-refractivity contribution in [1.82, 2.24) is 0 Å². The molecule has 0 aliphatic heterocycles. The second kappa shape index (κ2) is 6.18. The van der Waals surface area contributed by atoms with Gasteiger partial charge in [0.1, 0.15) is 0 Å². The van der Waals surface area contributed by atoms with E-state index < -0.39 is 11.8 Å². The fourth-order valence-corrected chi connectivity index (χ4v) is 2.33. The minimum absolute atomic E-state index is 0.00857. The van der Waals surface area contributed by atoms with Gasteiger partial charge in [-0.25, -0.2) is 9.18 Å². The lowest BCUT2D eigenvalue weighted by Crippen LogP contribution is -2.32. The van der Waals surface area contributed by atoms with Gasteiger partial charge in [-0.3, -0.25) is 0 Å². The summed E-state index contributed by atoms with van der Waals surface area (Å²) in [6.45, 7) is 6.71. The molecular formula is C13H17BrFNO2. The van der Waals surface area contributed by atoms with Crippen LogP contribution in [0.3, 0.4) is 0 Å². The van der Waals surface area contributed by atoms with Gasteiger partial charge in [-0.2, -0.15) is 0 Å². The van der Waals surface area contributed by atoms with Crippen molar-refractivity contribution >= 4 is 27.6 Å². The summed E-state index contributed by atoms with van der Waals surface area (Å²) in [5, 5.41) is 8.92. The second-order valence-corrected chi connectivity index (χ2v) is 5.15. The summed E-state index contributed by atoms with van der Waals surface area (Å²) in [6, 6.07) is 3.11. The first-order valence-corrected chi connectivity index (χ1v) is 6.67. The average Bonchev–Trinajstić information content (AvgIpc) is 2.29. The Hall–Kier alpha value is -1.10. The lowest BCUT2D eigenvalue weighted by Gasteiger charge is -2.29. The van der Waals surface area contributed by atoms with Crippen LogP contribution in [0.2, 0.25) is 0 Å². The van der Waals surface area contributed by atoms with Crippen LogP contribution in [0.25, 0.3) is 0 Å². The van der Waals surface area contributed by atoms with Crippen molar-refractivity contribution in [3.8, 4) is 0 Å². The molecule has 0 amide bonds. The van der Waals surface area contributed by atoms with Gasteiger partial charge in [0.05, 0.1) is 15.7 Å². The van der Waals surface area contributed by atoms with Crippen LogP contribution in [0.1, 0.15) is 37.6 Å². The number of rotatable bonds is 5. The van der Waals surface area contributed by atoms with E-state index in [4.69, 9.17) is 5.11 Å². The number of benzene rings is 1. The molecule has 0 unspecified atom stereocenters. The van der Waals surface area contributed by atoms with Crippen LogP contribution in [-0.2, 0) is 0 Å². The number of anilines is 1. The summed E-state index contributed by atoms with van der Waals surface area (Å²) in [4.78, 5) is 12.8. The van der Waals surface area contributed by atoms with Crippen molar-refractivity contribution in [2.75, 3.05) is 11.4 Å². The summed E-state index contributed by atoms with van der Waals surface area (Å²) < 4.78 is 14.2. The van der Waals surface area contributed by atoms with Gasteiger partial charge in [-0.15, -0.1) is 0 Å². The lowest BCUT2D eigenvalue weighted by atomic mass is 10.1. The maximum Gasteiger partial charge on any atom is 0.336 e. The Balaban J connectivity index is 3.25. The summed E-state index contributed by atoms with van der Waals surface area (Å²) >= 11 is 3.02. The van der Waals surface area contributed by atoms with Gasteiger partial charge in [-0.05, 0) is 48.3 Å². The van der Waals surface area contributed by atoms with Crippen LogP contribution in [0.5, 0.6) is 0 Å². The first kappa shape index (κ1) is 15.0. The van der Waals surface area contributed by atoms with Gasteiger partial charge in [0.15, 0.2) is 5.82 Å². The van der Waals surface area contributed by atoms with Gasteiger partial charge in [0, 0.05) is 12.6 Å². The number of hydrogen-bond donors (Lipinski definition) is 1. The third-order valence-corrected chi connectivity index (χ3v) is 3.46. The minimum atomic E-state index is -1.14. The third-order valence-electron chi connectivity index (χ3n) is 2.69. The van der Waals surface area contributed by atoms with Gasteiger partial charge >= 0.3 is 5.97 Å². The molecule has 0 heterocycles. The molecule has 1 N–H and O–H groups in total. The van der Waals surface area contributed by atoms with Gasteiger partial charge in [-0.1, -0.05) is 6.92 Å². The molecule has 5 heteroatoms. The first-order chi connectivity index (χ1) is 8.40. The molecule has 0 aromatic heterocycles. The van der Waals surface area contributed by atoms with E-state index in [1.165, 1.54) is 12.1 Å². The fraction of sp³-hybridized carbons (Fsp3) is 0.462. The van der Waals surface area contributed by atoms with E-state index in [2.05, 4.69) is 15.9 Å². The molecule has 1 rings (SSSR count). The number of aromatic carboxylic acids is 1. The highest BCUT2D eigenvalue weighted by Gasteiger charge is 2.20. The molecule has 1 aromatic carbocycles. The van der Waals surface area contributed by atoms with Crippen LogP contribution < -0.4 is 4.90 Å². The Kier molecular flexibility index (Phi) is 5.14. The Morgan fingerprint density at radius 1 is 1.50 bits per heavy atom. The molecule has 0 atom stereocenters. The Morgan fingerprint density at radius 3 is 2.56 bits per heavy atom. The topological polar surface area (TPSA) is 40.5 Å². The Bertz CT molecular complexity index is 449. The van der Waals surface area contributed by atoms with E-state index >= 15 is 0 Å². The predicted molar refractivity (Wildman–Crippen MR) is 73.8 cm³/mol. The molecule has 0 aliphatic rings. The molecule has 0 saturated heterocycles. The van der Waals surface area contributed by atoms with E-state index in [0.29, 0.717) is 5.69 Å². The largest absolute Gasteiger partial charge is 0.478 e. The molecule has 100 valence electrons. The number of carboxylic acid groups (broad SMARTS) is 1. The van der Waals surface area contributed by atoms with Crippen LogP contribution in [0.15, 0.2) is 16.6 Å². The quantitative estimate of drug-likeness (QED) is 0.895. The zero-order chi connectivity index (χ0) is 13.9. The average molecular weight is 318 g/mol. The molecule has 0 aliphatic carbocycles. The molecule has 0 spiro atoms. The number of hydrogen-bond acceptors (Lipinski definition) is 2. The second-order valence-electron chi connectivity index (χ2n) is 4.35. The van der Waals surface area contributed by atoms with Crippen molar-refractivity contribution in [3.05, 3.63) is 28.0 Å². The third kappa shape index (κ3) is 3.02. The molecule has 0 fully saturated rings. The van der Waals surface area contributed by atoms with Crippen molar-refractivity contribution in [2.45, 2.75) is 33.2 Å². The van der Waals surface area contributed by atoms with Gasteiger partial charge < -0.3 is 10.0 Å². The van der Waals surface area contributed by atoms with Gasteiger partial charge in [0.25, 0.3) is 0 Å². The van der Waals surface area contributed by atoms with Crippen LogP contribution >= 0.6 is 15.9 Å². The van der Waals surface area contributed by atoms with Crippen molar-refractivity contribution < 1.29 is 14.3 Å². The van der Waals surface area contributed by atoms with E-state index in [1.807, 2.05) is 25.7 Å². The summed E-state index contributed by atoms with van der Waals surface area (Å²) in [7, 11) is 0. The number of carbonyl (C=O) groups is 1. The molecule has 3 nitrogen and oxygen atoms in total. The van der Waals surface area contributed by atoms with E-state index in [9.17, 15) is 9.18 Å². The number of nitrogens with zero attached hydrogens (tertiary/aromatic N) is 1. The molecule has 0 bridgehead atoms. The summed E-state index contributed by atoms with van der Waals surface area (Å²) in [6.07, 6.45) is 0.899. The molecule has 0 radical (unpaired) electrons. The van der Waals surface area contributed by atoms with E-state index in [1.54, 1.807) is 0 Å². The fourth-order valence-electron chi connectivity index (χ4n) is 1.82. The standard InChI is InChI=1S/C13H17BrFNO2/c1-4-7-16(8(2)3)10-6-5-9(13(17)18)11(14)12(10)15/h5-6,8H,4,7H2,1-3H3,(H,17,18). The van der Waals surface area contributed by atoms with Crippen LogP contribution in [0, 0.1) is 5.82 Å². The number of halogens is 2. The predicted octanol–water partition coefficient (Wildman–Crippen LogP) is 3.91. The van der Waals surface area contributed by atoms with E-state index in [0.717, 1.165) is 13.0 Å². The summed E-state index contributed by atoms with van der Waals surface area (Å²) in [5.41, 5.74) is 0.375. The highest BCUT2D eigenvalue weighted by Crippen LogP contribution is 2.30. The first-order valence-electron chi connectivity index (χ1n) is 5.88. The zero-order valence-corrected chi connectivity index (χ0v) is 12.3. The number of carboxylic acids is 1. The van der Waals surface area contributed by atoms with Crippen molar-refractivity contribution in [1.29, 1.82) is 0 Å². The SMILES string of the molecule is CCCN(c1ccc(C(=O)O)c(Br)c1F)C(C)C. The molecule has 0 saturated carbocycles. The monoisotopic (exact) mass is 317 g/mol. The highest BCUT2D eigenvalue weighted by molar-refractivity contribution is 9.10. The lowest BCUT2D eigenvalue weighted by molar-refractivity contribution is 0.0695. The highest BCUT2D eigenvalue weighted by atomic mass is 79.9. The van der Waals surface area contributed by atoms with Crippen molar-refractivity contribution in [2.24, 2.45) is 0 Å². The van der Waals surface area contributed by atoms with Gasteiger partial charge in [0.2, 0.25) is 0 Å². The van der Waals surface area contributed by atoms with Crippen molar-refractivity contribution in [3.63, 3.8) is 0 Å². The maximum absolute atomic E-state index is 14.2. The Morgan fingerprint density at radius 2 is 2.11 bits per heavy atom.